The number of likely N-dealkylation sites (N-methyl/N-ethyl adjacent to an activating group) is 1. The molecule has 25 heavy (non-hydrogen) atoms. The third kappa shape index (κ3) is 4.69. The summed E-state index contributed by atoms with van der Waals surface area (Å²) in [5.41, 5.74) is 2.05. The van der Waals surface area contributed by atoms with E-state index in [2.05, 4.69) is 54.9 Å². The van der Waals surface area contributed by atoms with Crippen LogP contribution in [0.3, 0.4) is 0 Å². The minimum absolute atomic E-state index is 0.0412. The second-order valence-corrected chi connectivity index (χ2v) is 7.60. The molecule has 1 aromatic carbocycles. The van der Waals surface area contributed by atoms with Crippen molar-refractivity contribution in [3.63, 3.8) is 0 Å². The molecule has 0 spiro atoms. The van der Waals surface area contributed by atoms with Gasteiger partial charge in [-0.25, -0.2) is 4.98 Å². The summed E-state index contributed by atoms with van der Waals surface area (Å²) in [4.78, 5) is 14.4. The summed E-state index contributed by atoms with van der Waals surface area (Å²) in [5, 5.41) is 3.50. The summed E-state index contributed by atoms with van der Waals surface area (Å²) in [6, 6.07) is 12.4. The van der Waals surface area contributed by atoms with E-state index in [1.807, 2.05) is 24.3 Å². The quantitative estimate of drug-likeness (QED) is 0.924. The number of hydrogen-bond acceptors (Lipinski definition) is 5. The Morgan fingerprint density at radius 2 is 1.68 bits per heavy atom. The maximum atomic E-state index is 4.86. The maximum Gasteiger partial charge on any atom is 0.227 e. The molecule has 1 aliphatic rings. The topological polar surface area (TPSA) is 44.3 Å². The highest BCUT2D eigenvalue weighted by Gasteiger charge is 2.20. The average molecular weight is 339 g/mol. The first-order valence-electron chi connectivity index (χ1n) is 9.14. The molecule has 2 aromatic rings. The van der Waals surface area contributed by atoms with Crippen molar-refractivity contribution in [1.29, 1.82) is 0 Å². The minimum Gasteiger partial charge on any atom is -0.365 e. The highest BCUT2D eigenvalue weighted by Crippen LogP contribution is 2.25. The van der Waals surface area contributed by atoms with E-state index in [0.29, 0.717) is 0 Å². The second-order valence-electron chi connectivity index (χ2n) is 7.60. The number of nitrogens with zero attached hydrogens (tertiary/aromatic N) is 4. The second kappa shape index (κ2) is 7.40. The first-order valence-corrected chi connectivity index (χ1v) is 9.14. The van der Waals surface area contributed by atoms with Crippen LogP contribution in [0.15, 0.2) is 36.4 Å². The largest absolute Gasteiger partial charge is 0.365 e. The van der Waals surface area contributed by atoms with E-state index in [0.717, 1.165) is 55.7 Å². The predicted octanol–water partition coefficient (Wildman–Crippen LogP) is 3.50. The molecule has 5 nitrogen and oxygen atoms in total. The van der Waals surface area contributed by atoms with Crippen molar-refractivity contribution >= 4 is 11.8 Å². The number of hydrogen-bond donors (Lipinski definition) is 1. The number of benzene rings is 1. The summed E-state index contributed by atoms with van der Waals surface area (Å²) in [6.07, 6.45) is 0. The molecule has 0 amide bonds. The third-order valence-electron chi connectivity index (χ3n) is 4.39. The lowest BCUT2D eigenvalue weighted by Gasteiger charge is -2.34. The van der Waals surface area contributed by atoms with E-state index in [1.54, 1.807) is 0 Å². The fourth-order valence-corrected chi connectivity index (χ4v) is 3.05. The van der Waals surface area contributed by atoms with Gasteiger partial charge in [-0.3, -0.25) is 0 Å². The molecule has 3 rings (SSSR count). The maximum absolute atomic E-state index is 4.86. The molecule has 0 aliphatic carbocycles. The van der Waals surface area contributed by atoms with E-state index >= 15 is 0 Å². The van der Waals surface area contributed by atoms with Gasteiger partial charge < -0.3 is 15.1 Å². The normalized spacial score (nSPS) is 16.1. The van der Waals surface area contributed by atoms with Crippen LogP contribution in [-0.2, 0) is 0 Å². The third-order valence-corrected chi connectivity index (χ3v) is 4.39. The zero-order valence-corrected chi connectivity index (χ0v) is 15.8. The molecule has 0 atom stereocenters. The van der Waals surface area contributed by atoms with Gasteiger partial charge in [-0.2, -0.15) is 4.98 Å². The molecule has 5 heteroatoms. The van der Waals surface area contributed by atoms with Crippen LogP contribution in [0.1, 0.15) is 27.7 Å². The fraction of sp³-hybridized carbons (Fsp3) is 0.500. The van der Waals surface area contributed by atoms with Gasteiger partial charge in [0.15, 0.2) is 0 Å². The number of piperazine rings is 1. The Kier molecular flexibility index (Phi) is 5.23. The van der Waals surface area contributed by atoms with E-state index in [-0.39, 0.29) is 5.54 Å². The summed E-state index contributed by atoms with van der Waals surface area (Å²) in [7, 11) is 0. The Hall–Kier alpha value is -2.14. The smallest absolute Gasteiger partial charge is 0.227 e. The highest BCUT2D eigenvalue weighted by molar-refractivity contribution is 5.64. The highest BCUT2D eigenvalue weighted by atomic mass is 15.3. The van der Waals surface area contributed by atoms with E-state index < -0.39 is 0 Å². The van der Waals surface area contributed by atoms with Crippen LogP contribution in [0, 0.1) is 0 Å². The molecule has 1 N–H and O–H groups in total. The molecule has 0 radical (unpaired) electrons. The fourth-order valence-electron chi connectivity index (χ4n) is 3.05. The number of aromatic nitrogens is 2. The van der Waals surface area contributed by atoms with Crippen LogP contribution < -0.4 is 10.2 Å². The molecular formula is C20H29N5. The SMILES string of the molecule is CCN1CCN(c2nc(NC(C)(C)C)cc(-c3ccccc3)n2)CC1. The van der Waals surface area contributed by atoms with Gasteiger partial charge in [-0.1, -0.05) is 37.3 Å². The molecule has 0 bridgehead atoms. The molecule has 2 heterocycles. The average Bonchev–Trinajstić information content (AvgIpc) is 2.61. The first-order chi connectivity index (χ1) is 11.9. The van der Waals surface area contributed by atoms with E-state index in [4.69, 9.17) is 9.97 Å². The van der Waals surface area contributed by atoms with Crippen LogP contribution >= 0.6 is 0 Å². The van der Waals surface area contributed by atoms with Crippen molar-refractivity contribution in [2.45, 2.75) is 33.2 Å². The van der Waals surface area contributed by atoms with E-state index in [1.165, 1.54) is 0 Å². The molecule has 1 aromatic heterocycles. The van der Waals surface area contributed by atoms with Crippen molar-refractivity contribution in [2.75, 3.05) is 42.9 Å². The Bertz CT molecular complexity index is 685. The summed E-state index contributed by atoms with van der Waals surface area (Å²) in [5.74, 6) is 1.71. The van der Waals surface area contributed by atoms with Gasteiger partial charge in [0.1, 0.15) is 5.82 Å². The number of nitrogens with one attached hydrogen (secondary N) is 1. The zero-order valence-electron chi connectivity index (χ0n) is 15.8. The lowest BCUT2D eigenvalue weighted by Crippen LogP contribution is -2.46. The van der Waals surface area contributed by atoms with Gasteiger partial charge in [0.05, 0.1) is 5.69 Å². The first kappa shape index (κ1) is 17.7. The number of rotatable bonds is 4. The molecular weight excluding hydrogens is 310 g/mol. The zero-order chi connectivity index (χ0) is 17.9. The molecule has 0 saturated carbocycles. The number of anilines is 2. The Labute approximate surface area is 151 Å². The monoisotopic (exact) mass is 339 g/mol. The lowest BCUT2D eigenvalue weighted by molar-refractivity contribution is 0.270. The summed E-state index contributed by atoms with van der Waals surface area (Å²) in [6.45, 7) is 13.9. The summed E-state index contributed by atoms with van der Waals surface area (Å²) >= 11 is 0. The van der Waals surface area contributed by atoms with Gasteiger partial charge >= 0.3 is 0 Å². The van der Waals surface area contributed by atoms with Crippen molar-refractivity contribution < 1.29 is 0 Å². The lowest BCUT2D eigenvalue weighted by atomic mass is 10.1. The molecule has 1 saturated heterocycles. The van der Waals surface area contributed by atoms with Gasteiger partial charge in [0.25, 0.3) is 0 Å². The van der Waals surface area contributed by atoms with Crippen molar-refractivity contribution in [3.05, 3.63) is 36.4 Å². The van der Waals surface area contributed by atoms with Crippen LogP contribution in [-0.4, -0.2) is 53.1 Å². The van der Waals surface area contributed by atoms with Crippen LogP contribution in [0.5, 0.6) is 0 Å². The van der Waals surface area contributed by atoms with Gasteiger partial charge in [0.2, 0.25) is 5.95 Å². The molecule has 134 valence electrons. The molecule has 0 unspecified atom stereocenters. The minimum atomic E-state index is -0.0412. The van der Waals surface area contributed by atoms with Gasteiger partial charge in [-0.05, 0) is 27.3 Å². The predicted molar refractivity (Wildman–Crippen MR) is 105 cm³/mol. The van der Waals surface area contributed by atoms with Gasteiger partial charge in [0, 0.05) is 43.3 Å². The van der Waals surface area contributed by atoms with Gasteiger partial charge in [-0.15, -0.1) is 0 Å². The van der Waals surface area contributed by atoms with Crippen LogP contribution in [0.25, 0.3) is 11.3 Å². The van der Waals surface area contributed by atoms with Crippen molar-refractivity contribution in [1.82, 2.24) is 14.9 Å². The van der Waals surface area contributed by atoms with Crippen LogP contribution in [0.4, 0.5) is 11.8 Å². The summed E-state index contributed by atoms with van der Waals surface area (Å²) < 4.78 is 0. The van der Waals surface area contributed by atoms with Crippen molar-refractivity contribution in [2.24, 2.45) is 0 Å². The van der Waals surface area contributed by atoms with Crippen molar-refractivity contribution in [3.8, 4) is 11.3 Å². The molecule has 1 aliphatic heterocycles. The Morgan fingerprint density at radius 3 is 2.28 bits per heavy atom. The standard InChI is InChI=1S/C20H29N5/c1-5-24-11-13-25(14-12-24)19-21-17(16-9-7-6-8-10-16)15-18(22-19)23-20(2,3)4/h6-10,15H,5,11-14H2,1-4H3,(H,21,22,23). The Morgan fingerprint density at radius 1 is 1.00 bits per heavy atom. The van der Waals surface area contributed by atoms with E-state index in [9.17, 15) is 0 Å². The Balaban J connectivity index is 1.92. The van der Waals surface area contributed by atoms with Crippen LogP contribution in [0.2, 0.25) is 0 Å². The molecule has 1 fully saturated rings.